The molecule has 14 heavy (non-hydrogen) atoms. The second-order valence-electron chi connectivity index (χ2n) is 2.70. The van der Waals surface area contributed by atoms with Crippen molar-refractivity contribution in [1.82, 2.24) is 9.97 Å². The third-order valence-electron chi connectivity index (χ3n) is 1.74. The van der Waals surface area contributed by atoms with Crippen LogP contribution in [0.15, 0.2) is 36.7 Å². The summed E-state index contributed by atoms with van der Waals surface area (Å²) >= 11 is 0. The Morgan fingerprint density at radius 2 is 1.64 bits per heavy atom. The van der Waals surface area contributed by atoms with E-state index >= 15 is 0 Å². The van der Waals surface area contributed by atoms with E-state index in [-0.39, 0.29) is 0 Å². The van der Waals surface area contributed by atoms with Gasteiger partial charge in [0.2, 0.25) is 0 Å². The summed E-state index contributed by atoms with van der Waals surface area (Å²) < 4.78 is 25.4. The fraction of sp³-hybridized carbons (Fsp3) is 0. The summed E-state index contributed by atoms with van der Waals surface area (Å²) in [6.07, 6.45) is 3.09. The summed E-state index contributed by atoms with van der Waals surface area (Å²) in [6.45, 7) is 0. The van der Waals surface area contributed by atoms with Crippen LogP contribution in [0.1, 0.15) is 0 Å². The molecule has 0 radical (unpaired) electrons. The van der Waals surface area contributed by atoms with Crippen LogP contribution in [0.5, 0.6) is 0 Å². The van der Waals surface area contributed by atoms with Gasteiger partial charge in [0.25, 0.3) is 0 Å². The lowest BCUT2D eigenvalue weighted by Gasteiger charge is -1.99. The molecule has 2 nitrogen and oxygen atoms in total. The van der Waals surface area contributed by atoms with Gasteiger partial charge in [-0.05, 0) is 24.3 Å². The third-order valence-corrected chi connectivity index (χ3v) is 1.74. The molecule has 0 unspecified atom stereocenters. The monoisotopic (exact) mass is 192 g/mol. The zero-order valence-electron chi connectivity index (χ0n) is 7.11. The molecule has 0 saturated heterocycles. The van der Waals surface area contributed by atoms with Gasteiger partial charge < -0.3 is 0 Å². The molecule has 0 saturated carbocycles. The van der Waals surface area contributed by atoms with E-state index < -0.39 is 11.6 Å². The minimum absolute atomic E-state index is 0.381. The van der Waals surface area contributed by atoms with Crippen molar-refractivity contribution in [3.05, 3.63) is 48.3 Å². The van der Waals surface area contributed by atoms with Gasteiger partial charge in [-0.3, -0.25) is 0 Å². The predicted molar refractivity (Wildman–Crippen MR) is 47.4 cm³/mol. The number of halogens is 2. The van der Waals surface area contributed by atoms with Crippen LogP contribution in [0.4, 0.5) is 8.78 Å². The fourth-order valence-electron chi connectivity index (χ4n) is 1.08. The molecule has 0 aliphatic rings. The van der Waals surface area contributed by atoms with Crippen LogP contribution in [0.25, 0.3) is 11.4 Å². The first kappa shape index (κ1) is 8.74. The molecule has 0 bridgehead atoms. The molecular formula is C10H6F2N2. The van der Waals surface area contributed by atoms with Gasteiger partial charge in [0.05, 0.1) is 0 Å². The van der Waals surface area contributed by atoms with Gasteiger partial charge in [0.1, 0.15) is 0 Å². The van der Waals surface area contributed by atoms with E-state index in [4.69, 9.17) is 0 Å². The van der Waals surface area contributed by atoms with E-state index in [9.17, 15) is 8.78 Å². The van der Waals surface area contributed by atoms with Gasteiger partial charge in [-0.15, -0.1) is 0 Å². The van der Waals surface area contributed by atoms with Crippen LogP contribution in [-0.2, 0) is 0 Å². The van der Waals surface area contributed by atoms with E-state index in [1.807, 2.05) is 0 Å². The second-order valence-corrected chi connectivity index (χ2v) is 2.70. The third kappa shape index (κ3) is 1.59. The van der Waals surface area contributed by atoms with Gasteiger partial charge in [0.15, 0.2) is 17.5 Å². The van der Waals surface area contributed by atoms with Crippen molar-refractivity contribution < 1.29 is 8.78 Å². The first-order valence-electron chi connectivity index (χ1n) is 4.00. The first-order valence-corrected chi connectivity index (χ1v) is 4.00. The zero-order valence-corrected chi connectivity index (χ0v) is 7.11. The summed E-state index contributed by atoms with van der Waals surface area (Å²) in [5.74, 6) is -1.38. The lowest BCUT2D eigenvalue weighted by atomic mass is 10.2. The number of hydrogen-bond acceptors (Lipinski definition) is 2. The van der Waals surface area contributed by atoms with Gasteiger partial charge in [-0.1, -0.05) is 0 Å². The maximum atomic E-state index is 12.8. The SMILES string of the molecule is Fc1ccc(-c2ncccn2)cc1F. The summed E-state index contributed by atoms with van der Waals surface area (Å²) in [6, 6.07) is 5.23. The minimum Gasteiger partial charge on any atom is -0.237 e. The molecular weight excluding hydrogens is 186 g/mol. The standard InChI is InChI=1S/C10H6F2N2/c11-8-3-2-7(6-9(8)12)10-13-4-1-5-14-10/h1-6H. The number of hydrogen-bond donors (Lipinski definition) is 0. The molecule has 1 heterocycles. The highest BCUT2D eigenvalue weighted by Crippen LogP contribution is 2.16. The Morgan fingerprint density at radius 1 is 0.929 bits per heavy atom. The highest BCUT2D eigenvalue weighted by molar-refractivity contribution is 5.54. The van der Waals surface area contributed by atoms with Crippen LogP contribution >= 0.6 is 0 Å². The highest BCUT2D eigenvalue weighted by atomic mass is 19.2. The number of aromatic nitrogens is 2. The zero-order chi connectivity index (χ0) is 9.97. The van der Waals surface area contributed by atoms with E-state index in [0.29, 0.717) is 11.4 Å². The minimum atomic E-state index is -0.894. The van der Waals surface area contributed by atoms with E-state index in [1.54, 1.807) is 18.5 Å². The van der Waals surface area contributed by atoms with Crippen molar-refractivity contribution >= 4 is 0 Å². The lowest BCUT2D eigenvalue weighted by molar-refractivity contribution is 0.509. The second kappa shape index (κ2) is 3.49. The Morgan fingerprint density at radius 3 is 2.29 bits per heavy atom. The normalized spacial score (nSPS) is 10.1. The number of nitrogens with zero attached hydrogens (tertiary/aromatic N) is 2. The van der Waals surface area contributed by atoms with Crippen molar-refractivity contribution in [2.45, 2.75) is 0 Å². The van der Waals surface area contributed by atoms with Crippen LogP contribution in [-0.4, -0.2) is 9.97 Å². The molecule has 0 fully saturated rings. The quantitative estimate of drug-likeness (QED) is 0.693. The average molecular weight is 192 g/mol. The van der Waals surface area contributed by atoms with Crippen LogP contribution in [0, 0.1) is 11.6 Å². The van der Waals surface area contributed by atoms with Crippen molar-refractivity contribution in [3.8, 4) is 11.4 Å². The molecule has 0 aliphatic heterocycles. The Balaban J connectivity index is 2.48. The molecule has 0 N–H and O–H groups in total. The Hall–Kier alpha value is -1.84. The maximum Gasteiger partial charge on any atom is 0.159 e. The lowest BCUT2D eigenvalue weighted by Crippen LogP contribution is -1.89. The van der Waals surface area contributed by atoms with Gasteiger partial charge in [-0.25, -0.2) is 18.7 Å². The smallest absolute Gasteiger partial charge is 0.159 e. The molecule has 70 valence electrons. The molecule has 1 aromatic heterocycles. The summed E-state index contributed by atoms with van der Waals surface area (Å²) in [5.41, 5.74) is 0.463. The highest BCUT2D eigenvalue weighted by Gasteiger charge is 2.05. The number of rotatable bonds is 1. The molecule has 0 spiro atoms. The van der Waals surface area contributed by atoms with Gasteiger partial charge in [-0.2, -0.15) is 0 Å². The van der Waals surface area contributed by atoms with E-state index in [2.05, 4.69) is 9.97 Å². The maximum absolute atomic E-state index is 12.8. The summed E-state index contributed by atoms with van der Waals surface area (Å²) in [4.78, 5) is 7.84. The Labute approximate surface area is 79.3 Å². The molecule has 1 aromatic carbocycles. The predicted octanol–water partition coefficient (Wildman–Crippen LogP) is 2.42. The van der Waals surface area contributed by atoms with E-state index in [0.717, 1.165) is 12.1 Å². The fourth-order valence-corrected chi connectivity index (χ4v) is 1.08. The first-order chi connectivity index (χ1) is 6.77. The van der Waals surface area contributed by atoms with E-state index in [1.165, 1.54) is 6.07 Å². The van der Waals surface area contributed by atoms with Crippen molar-refractivity contribution in [2.75, 3.05) is 0 Å². The molecule has 0 amide bonds. The molecule has 4 heteroatoms. The van der Waals surface area contributed by atoms with Crippen LogP contribution < -0.4 is 0 Å². The van der Waals surface area contributed by atoms with Gasteiger partial charge >= 0.3 is 0 Å². The average Bonchev–Trinajstić information content (AvgIpc) is 2.23. The number of benzene rings is 1. The van der Waals surface area contributed by atoms with Gasteiger partial charge in [0, 0.05) is 18.0 Å². The summed E-state index contributed by atoms with van der Waals surface area (Å²) in [5, 5.41) is 0. The van der Waals surface area contributed by atoms with Crippen LogP contribution in [0.2, 0.25) is 0 Å². The molecule has 0 aliphatic carbocycles. The molecule has 2 aromatic rings. The Kier molecular flexibility index (Phi) is 2.18. The van der Waals surface area contributed by atoms with Crippen molar-refractivity contribution in [1.29, 1.82) is 0 Å². The van der Waals surface area contributed by atoms with Crippen molar-refractivity contribution in [3.63, 3.8) is 0 Å². The largest absolute Gasteiger partial charge is 0.237 e. The summed E-state index contributed by atoms with van der Waals surface area (Å²) in [7, 11) is 0. The molecule has 0 atom stereocenters. The van der Waals surface area contributed by atoms with Crippen LogP contribution in [0.3, 0.4) is 0 Å². The Bertz CT molecular complexity index is 443. The van der Waals surface area contributed by atoms with Crippen molar-refractivity contribution in [2.24, 2.45) is 0 Å². The molecule has 2 rings (SSSR count). The topological polar surface area (TPSA) is 25.8 Å².